The Balaban J connectivity index is 1.55. The van der Waals surface area contributed by atoms with Crippen molar-refractivity contribution < 1.29 is 4.74 Å². The molecule has 2 heterocycles. The van der Waals surface area contributed by atoms with Crippen LogP contribution in [0.5, 0.6) is 0 Å². The maximum Gasteiger partial charge on any atom is 0.0653 e. The van der Waals surface area contributed by atoms with E-state index in [0.717, 1.165) is 37.5 Å². The largest absolute Gasteiger partial charge is 0.378 e. The molecule has 0 spiro atoms. The second-order valence-electron chi connectivity index (χ2n) is 6.19. The topological polar surface area (TPSA) is 53.2 Å². The van der Waals surface area contributed by atoms with Gasteiger partial charge >= 0.3 is 0 Å². The van der Waals surface area contributed by atoms with Crippen molar-refractivity contribution in [1.29, 1.82) is 0 Å². The molecule has 4 rings (SSSR count). The van der Waals surface area contributed by atoms with Crippen LogP contribution in [0.3, 0.4) is 0 Å². The Morgan fingerprint density at radius 2 is 2.00 bits per heavy atom. The molecule has 1 fully saturated rings. The van der Waals surface area contributed by atoms with Gasteiger partial charge in [-0.05, 0) is 36.8 Å². The predicted octanol–water partition coefficient (Wildman–Crippen LogP) is 3.57. The number of hydrogen-bond acceptors (Lipinski definition) is 4. The van der Waals surface area contributed by atoms with E-state index in [1.807, 2.05) is 6.20 Å². The minimum atomic E-state index is 0.200. The molecule has 1 saturated heterocycles. The normalized spacial score (nSPS) is 16.3. The van der Waals surface area contributed by atoms with E-state index in [4.69, 9.17) is 4.74 Å². The standard InChI is InChI=1S/C19H22N4O/c1-14(17-6-3-7-19-18(17)13-20-22-19)21-15-4-2-5-16(12-15)23-8-10-24-11-9-23/h2-7,12-14,21H,8-11H2,1H3,(H,20,22). The average Bonchev–Trinajstić information content (AvgIpc) is 3.11. The van der Waals surface area contributed by atoms with Crippen LogP contribution < -0.4 is 10.2 Å². The molecular weight excluding hydrogens is 300 g/mol. The molecule has 1 aliphatic heterocycles. The smallest absolute Gasteiger partial charge is 0.0653 e. The third-order valence-corrected chi connectivity index (χ3v) is 4.59. The van der Waals surface area contributed by atoms with E-state index >= 15 is 0 Å². The molecule has 1 aromatic heterocycles. The molecule has 5 heteroatoms. The highest BCUT2D eigenvalue weighted by Crippen LogP contribution is 2.27. The van der Waals surface area contributed by atoms with Crippen LogP contribution in [0, 0.1) is 0 Å². The van der Waals surface area contributed by atoms with Crippen molar-refractivity contribution in [1.82, 2.24) is 10.2 Å². The van der Waals surface area contributed by atoms with E-state index in [0.29, 0.717) is 0 Å². The molecule has 0 amide bonds. The van der Waals surface area contributed by atoms with Gasteiger partial charge in [-0.25, -0.2) is 0 Å². The van der Waals surface area contributed by atoms with Gasteiger partial charge in [-0.3, -0.25) is 5.10 Å². The third-order valence-electron chi connectivity index (χ3n) is 4.59. The Morgan fingerprint density at radius 1 is 1.17 bits per heavy atom. The first-order valence-corrected chi connectivity index (χ1v) is 8.42. The number of anilines is 2. The highest BCUT2D eigenvalue weighted by Gasteiger charge is 2.13. The van der Waals surface area contributed by atoms with Crippen LogP contribution in [0.2, 0.25) is 0 Å². The van der Waals surface area contributed by atoms with Crippen LogP contribution in [0.1, 0.15) is 18.5 Å². The minimum absolute atomic E-state index is 0.200. The lowest BCUT2D eigenvalue weighted by molar-refractivity contribution is 0.122. The summed E-state index contributed by atoms with van der Waals surface area (Å²) in [6.07, 6.45) is 1.90. The minimum Gasteiger partial charge on any atom is -0.378 e. The zero-order valence-corrected chi connectivity index (χ0v) is 13.8. The Bertz CT molecular complexity index is 823. The Morgan fingerprint density at radius 3 is 2.88 bits per heavy atom. The van der Waals surface area contributed by atoms with Gasteiger partial charge < -0.3 is 15.0 Å². The van der Waals surface area contributed by atoms with E-state index < -0.39 is 0 Å². The highest BCUT2D eigenvalue weighted by atomic mass is 16.5. The number of nitrogens with one attached hydrogen (secondary N) is 2. The number of nitrogens with zero attached hydrogens (tertiary/aromatic N) is 2. The van der Waals surface area contributed by atoms with Gasteiger partial charge in [0.05, 0.1) is 24.9 Å². The molecule has 1 atom stereocenters. The first-order valence-electron chi connectivity index (χ1n) is 8.42. The van der Waals surface area contributed by atoms with Gasteiger partial charge in [0.25, 0.3) is 0 Å². The Labute approximate surface area is 141 Å². The molecule has 0 aliphatic carbocycles. The van der Waals surface area contributed by atoms with E-state index in [9.17, 15) is 0 Å². The van der Waals surface area contributed by atoms with Crippen molar-refractivity contribution in [2.45, 2.75) is 13.0 Å². The lowest BCUT2D eigenvalue weighted by Gasteiger charge is -2.29. The fourth-order valence-corrected chi connectivity index (χ4v) is 3.31. The fourth-order valence-electron chi connectivity index (χ4n) is 3.31. The number of morpholine rings is 1. The summed E-state index contributed by atoms with van der Waals surface area (Å²) in [4.78, 5) is 2.37. The number of aromatic amines is 1. The van der Waals surface area contributed by atoms with Crippen molar-refractivity contribution in [3.8, 4) is 0 Å². The number of aromatic nitrogens is 2. The lowest BCUT2D eigenvalue weighted by atomic mass is 10.0. The molecule has 124 valence electrons. The maximum atomic E-state index is 5.44. The van der Waals surface area contributed by atoms with Crippen LogP contribution in [0.25, 0.3) is 10.9 Å². The number of fused-ring (bicyclic) bond motifs is 1. The number of benzene rings is 2. The summed E-state index contributed by atoms with van der Waals surface area (Å²) in [5.41, 5.74) is 4.70. The van der Waals surface area contributed by atoms with Crippen LogP contribution in [0.4, 0.5) is 11.4 Å². The zero-order chi connectivity index (χ0) is 16.4. The van der Waals surface area contributed by atoms with Gasteiger partial charge in [0.2, 0.25) is 0 Å². The molecule has 24 heavy (non-hydrogen) atoms. The van der Waals surface area contributed by atoms with Gasteiger partial charge in [-0.2, -0.15) is 5.10 Å². The number of rotatable bonds is 4. The molecule has 2 aromatic carbocycles. The first-order chi connectivity index (χ1) is 11.8. The summed E-state index contributed by atoms with van der Waals surface area (Å²) in [5.74, 6) is 0. The first kappa shape index (κ1) is 15.0. The summed E-state index contributed by atoms with van der Waals surface area (Å²) < 4.78 is 5.44. The van der Waals surface area contributed by atoms with Gasteiger partial charge in [-0.15, -0.1) is 0 Å². The average molecular weight is 322 g/mol. The van der Waals surface area contributed by atoms with Crippen molar-refractivity contribution >= 4 is 22.3 Å². The van der Waals surface area contributed by atoms with Crippen LogP contribution in [-0.2, 0) is 4.74 Å². The van der Waals surface area contributed by atoms with Crippen molar-refractivity contribution in [2.75, 3.05) is 36.5 Å². The molecule has 2 N–H and O–H groups in total. The zero-order valence-electron chi connectivity index (χ0n) is 13.8. The molecule has 1 unspecified atom stereocenters. The van der Waals surface area contributed by atoms with Gasteiger partial charge in [0.1, 0.15) is 0 Å². The molecule has 3 aromatic rings. The fraction of sp³-hybridized carbons (Fsp3) is 0.316. The van der Waals surface area contributed by atoms with Crippen molar-refractivity contribution in [3.05, 3.63) is 54.2 Å². The monoisotopic (exact) mass is 322 g/mol. The van der Waals surface area contributed by atoms with E-state index in [-0.39, 0.29) is 6.04 Å². The van der Waals surface area contributed by atoms with Gasteiger partial charge in [-0.1, -0.05) is 18.2 Å². The molecule has 0 radical (unpaired) electrons. The molecule has 0 saturated carbocycles. The van der Waals surface area contributed by atoms with Gasteiger partial charge in [0, 0.05) is 35.9 Å². The summed E-state index contributed by atoms with van der Waals surface area (Å²) in [5, 5.41) is 12.0. The summed E-state index contributed by atoms with van der Waals surface area (Å²) >= 11 is 0. The van der Waals surface area contributed by atoms with Gasteiger partial charge in [0.15, 0.2) is 0 Å². The Hall–Kier alpha value is -2.53. The van der Waals surface area contributed by atoms with Crippen LogP contribution in [-0.4, -0.2) is 36.5 Å². The SMILES string of the molecule is CC(Nc1cccc(N2CCOCC2)c1)c1cccc2[nH]ncc12. The second kappa shape index (κ2) is 6.53. The summed E-state index contributed by atoms with van der Waals surface area (Å²) in [7, 11) is 0. The second-order valence-corrected chi connectivity index (χ2v) is 6.19. The van der Waals surface area contributed by atoms with E-state index in [1.165, 1.54) is 16.6 Å². The van der Waals surface area contributed by atoms with Crippen molar-refractivity contribution in [3.63, 3.8) is 0 Å². The molecule has 0 bridgehead atoms. The van der Waals surface area contributed by atoms with Crippen LogP contribution >= 0.6 is 0 Å². The quantitative estimate of drug-likeness (QED) is 0.771. The maximum absolute atomic E-state index is 5.44. The van der Waals surface area contributed by atoms with E-state index in [2.05, 4.69) is 69.8 Å². The molecule has 1 aliphatic rings. The van der Waals surface area contributed by atoms with E-state index in [1.54, 1.807) is 0 Å². The number of ether oxygens (including phenoxy) is 1. The summed E-state index contributed by atoms with van der Waals surface area (Å²) in [6.45, 7) is 5.69. The van der Waals surface area contributed by atoms with Crippen LogP contribution in [0.15, 0.2) is 48.7 Å². The third kappa shape index (κ3) is 2.95. The lowest BCUT2D eigenvalue weighted by Crippen LogP contribution is -2.36. The van der Waals surface area contributed by atoms with Crippen molar-refractivity contribution in [2.24, 2.45) is 0 Å². The number of H-pyrrole nitrogens is 1. The molecular formula is C19H22N4O. The summed E-state index contributed by atoms with van der Waals surface area (Å²) in [6, 6.07) is 15.1. The Kier molecular flexibility index (Phi) is 4.09. The predicted molar refractivity (Wildman–Crippen MR) is 97.6 cm³/mol. The molecule has 5 nitrogen and oxygen atoms in total. The highest BCUT2D eigenvalue weighted by molar-refractivity contribution is 5.82. The number of hydrogen-bond donors (Lipinski definition) is 2.